The molecule has 2 aromatic heterocycles. The number of hydrogen-bond donors (Lipinski definition) is 1. The van der Waals surface area contributed by atoms with Crippen LogP contribution in [0.2, 0.25) is 0 Å². The molecule has 0 saturated heterocycles. The number of rotatable bonds is 1. The van der Waals surface area contributed by atoms with E-state index in [0.29, 0.717) is 17.1 Å². The van der Waals surface area contributed by atoms with Gasteiger partial charge in [-0.05, 0) is 25.5 Å². The summed E-state index contributed by atoms with van der Waals surface area (Å²) in [6.07, 6.45) is 4.76. The van der Waals surface area contributed by atoms with Crippen LogP contribution < -0.4 is 5.73 Å². The molecule has 4 nitrogen and oxygen atoms in total. The number of pyridine rings is 1. The number of nitrogens with two attached hydrogens (primary N) is 1. The number of nitrogens with zero attached hydrogens (tertiary/aromatic N) is 2. The molecule has 2 aromatic rings. The molecule has 0 spiro atoms. The molecule has 0 atom stereocenters. The molecule has 0 bridgehead atoms. The van der Waals surface area contributed by atoms with Crippen molar-refractivity contribution in [2.75, 3.05) is 18.8 Å². The van der Waals surface area contributed by atoms with Crippen molar-refractivity contribution >= 4 is 33.1 Å². The monoisotopic (exact) mass is 273 g/mol. The number of nitrogen functional groups attached to an aromatic ring is 1. The zero-order valence-corrected chi connectivity index (χ0v) is 11.5. The van der Waals surface area contributed by atoms with Crippen molar-refractivity contribution in [2.24, 2.45) is 0 Å². The van der Waals surface area contributed by atoms with Gasteiger partial charge in [-0.25, -0.2) is 4.98 Å². The molecule has 98 valence electrons. The van der Waals surface area contributed by atoms with Gasteiger partial charge in [-0.15, -0.1) is 11.3 Å². The molecule has 0 unspecified atom stereocenters. The Morgan fingerprint density at radius 2 is 2.37 bits per heavy atom. The summed E-state index contributed by atoms with van der Waals surface area (Å²) in [5.41, 5.74) is 7.98. The molecule has 5 heteroatoms. The third-order valence-corrected chi connectivity index (χ3v) is 4.54. The molecule has 0 radical (unpaired) electrons. The normalized spacial score (nSPS) is 15.6. The van der Waals surface area contributed by atoms with Crippen LogP contribution in [0.1, 0.15) is 23.0 Å². The maximum atomic E-state index is 12.5. The van der Waals surface area contributed by atoms with Crippen LogP contribution in [-0.4, -0.2) is 28.9 Å². The van der Waals surface area contributed by atoms with E-state index in [2.05, 4.69) is 18.0 Å². The standard InChI is InChI=1S/C14H15N3OS/c1-9-4-7-17(8-5-9)14(18)12-11(15)10-3-2-6-16-13(10)19-12/h2-4,6H,5,7-8,15H2,1H3. The predicted molar refractivity (Wildman–Crippen MR) is 78.3 cm³/mol. The minimum Gasteiger partial charge on any atom is -0.397 e. The number of hydrogen-bond acceptors (Lipinski definition) is 4. The minimum atomic E-state index is 0.0178. The highest BCUT2D eigenvalue weighted by Crippen LogP contribution is 2.33. The van der Waals surface area contributed by atoms with Gasteiger partial charge < -0.3 is 10.6 Å². The summed E-state index contributed by atoms with van der Waals surface area (Å²) in [5.74, 6) is 0.0178. The highest BCUT2D eigenvalue weighted by Gasteiger charge is 2.23. The van der Waals surface area contributed by atoms with Crippen LogP contribution in [0, 0.1) is 0 Å². The Labute approximate surface area is 115 Å². The molecule has 0 aliphatic carbocycles. The van der Waals surface area contributed by atoms with Crippen molar-refractivity contribution in [3.63, 3.8) is 0 Å². The van der Waals surface area contributed by atoms with Crippen LogP contribution >= 0.6 is 11.3 Å². The van der Waals surface area contributed by atoms with Crippen LogP contribution in [0.5, 0.6) is 0 Å². The van der Waals surface area contributed by atoms with Crippen LogP contribution in [0.3, 0.4) is 0 Å². The van der Waals surface area contributed by atoms with E-state index in [1.807, 2.05) is 17.0 Å². The van der Waals surface area contributed by atoms with E-state index in [4.69, 9.17) is 5.73 Å². The Morgan fingerprint density at radius 3 is 3.05 bits per heavy atom. The van der Waals surface area contributed by atoms with Gasteiger partial charge in [0.25, 0.3) is 5.91 Å². The molecule has 19 heavy (non-hydrogen) atoms. The van der Waals surface area contributed by atoms with Gasteiger partial charge in [0.1, 0.15) is 9.71 Å². The van der Waals surface area contributed by atoms with Gasteiger partial charge in [0.05, 0.1) is 5.69 Å². The van der Waals surface area contributed by atoms with Crippen molar-refractivity contribution < 1.29 is 4.79 Å². The maximum Gasteiger partial charge on any atom is 0.266 e. The molecule has 1 aliphatic rings. The van der Waals surface area contributed by atoms with Gasteiger partial charge in [0, 0.05) is 24.7 Å². The first-order chi connectivity index (χ1) is 9.16. The van der Waals surface area contributed by atoms with E-state index in [-0.39, 0.29) is 5.91 Å². The van der Waals surface area contributed by atoms with Crippen molar-refractivity contribution in [1.29, 1.82) is 0 Å². The highest BCUT2D eigenvalue weighted by molar-refractivity contribution is 7.21. The summed E-state index contributed by atoms with van der Waals surface area (Å²) >= 11 is 1.38. The first kappa shape index (κ1) is 12.2. The number of thiophene rings is 1. The number of carbonyl (C=O) groups excluding carboxylic acids is 1. The molecule has 0 aromatic carbocycles. The summed E-state index contributed by atoms with van der Waals surface area (Å²) in [7, 11) is 0. The van der Waals surface area contributed by atoms with E-state index in [1.54, 1.807) is 6.20 Å². The first-order valence-electron chi connectivity index (χ1n) is 6.24. The van der Waals surface area contributed by atoms with E-state index >= 15 is 0 Å². The second kappa shape index (κ2) is 4.66. The average Bonchev–Trinajstić information content (AvgIpc) is 2.77. The Morgan fingerprint density at radius 1 is 1.53 bits per heavy atom. The summed E-state index contributed by atoms with van der Waals surface area (Å²) in [4.78, 5) is 20.0. The van der Waals surface area contributed by atoms with Gasteiger partial charge in [-0.3, -0.25) is 4.79 Å². The van der Waals surface area contributed by atoms with Crippen molar-refractivity contribution in [3.8, 4) is 0 Å². The Hall–Kier alpha value is -1.88. The van der Waals surface area contributed by atoms with Gasteiger partial charge in [0.2, 0.25) is 0 Å². The quantitative estimate of drug-likeness (QED) is 0.813. The maximum absolute atomic E-state index is 12.5. The number of fused-ring (bicyclic) bond motifs is 1. The lowest BCUT2D eigenvalue weighted by atomic mass is 10.1. The number of carbonyl (C=O) groups is 1. The lowest BCUT2D eigenvalue weighted by Crippen LogP contribution is -2.34. The molecule has 1 amide bonds. The minimum absolute atomic E-state index is 0.0178. The zero-order valence-electron chi connectivity index (χ0n) is 10.7. The number of amides is 1. The number of anilines is 1. The summed E-state index contributed by atoms with van der Waals surface area (Å²) in [5, 5.41) is 0.875. The Bertz CT molecular complexity index is 674. The van der Waals surface area contributed by atoms with Crippen LogP contribution in [0.4, 0.5) is 5.69 Å². The van der Waals surface area contributed by atoms with Gasteiger partial charge in [-0.2, -0.15) is 0 Å². The van der Waals surface area contributed by atoms with Crippen molar-refractivity contribution in [2.45, 2.75) is 13.3 Å². The smallest absolute Gasteiger partial charge is 0.266 e. The fraction of sp³-hybridized carbons (Fsp3) is 0.286. The van der Waals surface area contributed by atoms with Crippen molar-refractivity contribution in [1.82, 2.24) is 9.88 Å². The number of aromatic nitrogens is 1. The molecule has 0 fully saturated rings. The zero-order chi connectivity index (χ0) is 13.4. The lowest BCUT2D eigenvalue weighted by molar-refractivity contribution is 0.0775. The molecule has 3 heterocycles. The largest absolute Gasteiger partial charge is 0.397 e. The molecular weight excluding hydrogens is 258 g/mol. The predicted octanol–water partition coefficient (Wildman–Crippen LogP) is 2.67. The van der Waals surface area contributed by atoms with Crippen LogP contribution in [-0.2, 0) is 0 Å². The molecule has 1 aliphatic heterocycles. The second-order valence-electron chi connectivity index (χ2n) is 4.75. The van der Waals surface area contributed by atoms with E-state index in [1.165, 1.54) is 16.9 Å². The average molecular weight is 273 g/mol. The molecular formula is C14H15N3OS. The lowest BCUT2D eigenvalue weighted by Gasteiger charge is -2.25. The van der Waals surface area contributed by atoms with Gasteiger partial charge in [0.15, 0.2) is 0 Å². The van der Waals surface area contributed by atoms with Gasteiger partial charge in [-0.1, -0.05) is 11.6 Å². The Kier molecular flexibility index (Phi) is 2.98. The molecule has 0 saturated carbocycles. The van der Waals surface area contributed by atoms with Crippen LogP contribution in [0.15, 0.2) is 30.0 Å². The third kappa shape index (κ3) is 2.10. The summed E-state index contributed by atoms with van der Waals surface area (Å²) < 4.78 is 0. The van der Waals surface area contributed by atoms with Crippen molar-refractivity contribution in [3.05, 3.63) is 34.9 Å². The van der Waals surface area contributed by atoms with Gasteiger partial charge >= 0.3 is 0 Å². The first-order valence-corrected chi connectivity index (χ1v) is 7.06. The van der Waals surface area contributed by atoms with E-state index in [0.717, 1.165) is 23.2 Å². The highest BCUT2D eigenvalue weighted by atomic mass is 32.1. The molecule has 3 rings (SSSR count). The summed E-state index contributed by atoms with van der Waals surface area (Å²) in [6, 6.07) is 3.75. The van der Waals surface area contributed by atoms with E-state index < -0.39 is 0 Å². The summed E-state index contributed by atoms with van der Waals surface area (Å²) in [6.45, 7) is 3.54. The van der Waals surface area contributed by atoms with Crippen LogP contribution in [0.25, 0.3) is 10.2 Å². The second-order valence-corrected chi connectivity index (χ2v) is 5.75. The fourth-order valence-corrected chi connectivity index (χ4v) is 3.24. The topological polar surface area (TPSA) is 59.2 Å². The third-order valence-electron chi connectivity index (χ3n) is 3.42. The van der Waals surface area contributed by atoms with E-state index in [9.17, 15) is 4.79 Å². The molecule has 2 N–H and O–H groups in total. The Balaban J connectivity index is 1.96. The SMILES string of the molecule is CC1=CCN(C(=O)c2sc3ncccc3c2N)CC1. The fourth-order valence-electron chi connectivity index (χ4n) is 2.21.